The van der Waals surface area contributed by atoms with Crippen LogP contribution in [0, 0.1) is 10.1 Å². The Labute approximate surface area is 148 Å². The fraction of sp³-hybridized carbons (Fsp3) is 0.0588. The van der Waals surface area contributed by atoms with Crippen molar-refractivity contribution in [2.75, 3.05) is 7.11 Å². The lowest BCUT2D eigenvalue weighted by molar-refractivity contribution is -0.386. The molecule has 0 atom stereocenters. The van der Waals surface area contributed by atoms with Crippen LogP contribution in [0.15, 0.2) is 63.9 Å². The van der Waals surface area contributed by atoms with Gasteiger partial charge >= 0.3 is 5.69 Å². The second-order valence-electron chi connectivity index (χ2n) is 5.29. The van der Waals surface area contributed by atoms with Crippen molar-refractivity contribution in [2.24, 2.45) is 4.40 Å². The van der Waals surface area contributed by atoms with Crippen LogP contribution in [0.2, 0.25) is 0 Å². The molecule has 0 saturated carbocycles. The molecule has 1 aliphatic rings. The van der Waals surface area contributed by atoms with E-state index in [1.807, 2.05) is 0 Å². The van der Waals surface area contributed by atoms with Gasteiger partial charge in [0.25, 0.3) is 10.0 Å². The van der Waals surface area contributed by atoms with E-state index >= 15 is 0 Å². The summed E-state index contributed by atoms with van der Waals surface area (Å²) in [5.74, 6) is -0.313. The highest BCUT2D eigenvalue weighted by Gasteiger charge is 2.24. The van der Waals surface area contributed by atoms with Crippen LogP contribution in [-0.4, -0.2) is 31.9 Å². The summed E-state index contributed by atoms with van der Waals surface area (Å²) >= 11 is 0. The molecule has 0 bridgehead atoms. The Kier molecular flexibility index (Phi) is 4.39. The van der Waals surface area contributed by atoms with Crippen LogP contribution in [0.3, 0.4) is 0 Å². The number of hydrogen-bond acceptors (Lipinski definition) is 6. The highest BCUT2D eigenvalue weighted by atomic mass is 32.2. The molecule has 0 amide bonds. The van der Waals surface area contributed by atoms with Crippen LogP contribution < -0.4 is 4.74 Å². The predicted molar refractivity (Wildman–Crippen MR) is 93.3 cm³/mol. The maximum absolute atomic E-state index is 12.6. The molecule has 9 heteroatoms. The highest BCUT2D eigenvalue weighted by Crippen LogP contribution is 2.30. The van der Waals surface area contributed by atoms with Gasteiger partial charge in [-0.05, 0) is 24.3 Å². The number of carbonyl (C=O) groups excluding carboxylic acids is 1. The minimum Gasteiger partial charge on any atom is -0.490 e. The second-order valence-corrected chi connectivity index (χ2v) is 6.89. The van der Waals surface area contributed by atoms with Crippen LogP contribution in [0.4, 0.5) is 5.69 Å². The SMILES string of the molecule is COc1ccc(S(=O)(=O)/N=C2\C=CC(=O)c3ccccc32)cc1[N+](=O)[O-]. The lowest BCUT2D eigenvalue weighted by Gasteiger charge is -2.11. The topological polar surface area (TPSA) is 116 Å². The van der Waals surface area contributed by atoms with E-state index in [9.17, 15) is 23.3 Å². The zero-order valence-electron chi connectivity index (χ0n) is 13.4. The molecule has 0 heterocycles. The van der Waals surface area contributed by atoms with Crippen molar-refractivity contribution >= 4 is 27.2 Å². The summed E-state index contributed by atoms with van der Waals surface area (Å²) in [5, 5.41) is 11.1. The van der Waals surface area contributed by atoms with Gasteiger partial charge in [0, 0.05) is 17.2 Å². The van der Waals surface area contributed by atoms with Crippen LogP contribution in [0.1, 0.15) is 15.9 Å². The quantitative estimate of drug-likeness (QED) is 0.601. The number of hydrogen-bond donors (Lipinski definition) is 0. The Morgan fingerprint density at radius 2 is 1.77 bits per heavy atom. The van der Waals surface area contributed by atoms with E-state index in [-0.39, 0.29) is 22.1 Å². The van der Waals surface area contributed by atoms with Crippen molar-refractivity contribution in [3.05, 3.63) is 75.9 Å². The smallest absolute Gasteiger partial charge is 0.312 e. The summed E-state index contributed by atoms with van der Waals surface area (Å²) in [4.78, 5) is 21.9. The van der Waals surface area contributed by atoms with Crippen LogP contribution >= 0.6 is 0 Å². The highest BCUT2D eigenvalue weighted by molar-refractivity contribution is 7.90. The number of carbonyl (C=O) groups is 1. The molecule has 26 heavy (non-hydrogen) atoms. The van der Waals surface area contributed by atoms with Crippen LogP contribution in [-0.2, 0) is 10.0 Å². The molecule has 0 saturated heterocycles. The molecule has 0 aromatic heterocycles. The maximum atomic E-state index is 12.6. The number of sulfonamides is 1. The van der Waals surface area contributed by atoms with Crippen molar-refractivity contribution in [2.45, 2.75) is 4.90 Å². The Morgan fingerprint density at radius 3 is 2.42 bits per heavy atom. The van der Waals surface area contributed by atoms with Gasteiger partial charge in [0.05, 0.1) is 22.6 Å². The van der Waals surface area contributed by atoms with E-state index in [2.05, 4.69) is 4.40 Å². The van der Waals surface area contributed by atoms with E-state index < -0.39 is 20.6 Å². The molecule has 1 aliphatic carbocycles. The van der Waals surface area contributed by atoms with Gasteiger partial charge in [0.1, 0.15) is 0 Å². The maximum Gasteiger partial charge on any atom is 0.312 e. The molecule has 0 fully saturated rings. The predicted octanol–water partition coefficient (Wildman–Crippen LogP) is 2.53. The number of ether oxygens (including phenoxy) is 1. The number of methoxy groups -OCH3 is 1. The number of fused-ring (bicyclic) bond motifs is 1. The minimum atomic E-state index is -4.24. The van der Waals surface area contributed by atoms with Crippen molar-refractivity contribution < 1.29 is 22.9 Å². The molecular formula is C17H12N2O6S. The molecule has 0 N–H and O–H groups in total. The first kappa shape index (κ1) is 17.5. The molecule has 2 aromatic rings. The molecule has 8 nitrogen and oxygen atoms in total. The Balaban J connectivity index is 2.12. The molecule has 2 aromatic carbocycles. The number of allylic oxidation sites excluding steroid dienone is 2. The van der Waals surface area contributed by atoms with Gasteiger partial charge in [0.2, 0.25) is 0 Å². The first-order chi connectivity index (χ1) is 12.3. The molecule has 0 spiro atoms. The monoisotopic (exact) mass is 372 g/mol. The van der Waals surface area contributed by atoms with Gasteiger partial charge in [-0.15, -0.1) is 0 Å². The van der Waals surface area contributed by atoms with E-state index in [0.29, 0.717) is 11.1 Å². The Hall–Kier alpha value is -3.33. The molecule has 3 rings (SSSR count). The third-order valence-corrected chi connectivity index (χ3v) is 5.01. The third-order valence-electron chi connectivity index (χ3n) is 3.72. The fourth-order valence-electron chi connectivity index (χ4n) is 2.49. The summed E-state index contributed by atoms with van der Waals surface area (Å²) in [6.45, 7) is 0. The van der Waals surface area contributed by atoms with Gasteiger partial charge in [-0.3, -0.25) is 14.9 Å². The van der Waals surface area contributed by atoms with Gasteiger partial charge in [-0.25, -0.2) is 0 Å². The number of nitro benzene ring substituents is 1. The van der Waals surface area contributed by atoms with Crippen molar-refractivity contribution in [3.63, 3.8) is 0 Å². The van der Waals surface area contributed by atoms with Gasteiger partial charge in [-0.2, -0.15) is 12.8 Å². The molecule has 0 aliphatic heterocycles. The first-order valence-corrected chi connectivity index (χ1v) is 8.77. The zero-order valence-corrected chi connectivity index (χ0v) is 14.3. The van der Waals surface area contributed by atoms with Crippen molar-refractivity contribution in [3.8, 4) is 5.75 Å². The van der Waals surface area contributed by atoms with Crippen molar-refractivity contribution in [1.29, 1.82) is 0 Å². The lowest BCUT2D eigenvalue weighted by Crippen LogP contribution is -2.14. The average Bonchev–Trinajstić information content (AvgIpc) is 2.63. The number of nitrogens with zero attached hydrogens (tertiary/aromatic N) is 2. The normalized spacial score (nSPS) is 15.0. The molecule has 132 valence electrons. The average molecular weight is 372 g/mol. The summed E-state index contributed by atoms with van der Waals surface area (Å²) in [5.41, 5.74) is 0.318. The van der Waals surface area contributed by atoms with E-state index in [4.69, 9.17) is 4.74 Å². The minimum absolute atomic E-state index is 0.0601. The summed E-state index contributed by atoms with van der Waals surface area (Å²) in [6, 6.07) is 9.74. The number of nitro groups is 1. The van der Waals surface area contributed by atoms with E-state index in [0.717, 1.165) is 6.07 Å². The van der Waals surface area contributed by atoms with Crippen LogP contribution in [0.5, 0.6) is 5.75 Å². The third kappa shape index (κ3) is 3.11. The number of ketones is 1. The van der Waals surface area contributed by atoms with E-state index in [1.165, 1.54) is 31.4 Å². The second kappa shape index (κ2) is 6.52. The van der Waals surface area contributed by atoms with Crippen molar-refractivity contribution in [1.82, 2.24) is 0 Å². The lowest BCUT2D eigenvalue weighted by atomic mass is 9.95. The Morgan fingerprint density at radius 1 is 1.08 bits per heavy atom. The van der Waals surface area contributed by atoms with Crippen LogP contribution in [0.25, 0.3) is 0 Å². The number of rotatable bonds is 4. The first-order valence-electron chi connectivity index (χ1n) is 7.32. The molecular weight excluding hydrogens is 360 g/mol. The molecule has 0 radical (unpaired) electrons. The summed E-state index contributed by atoms with van der Waals surface area (Å²) < 4.78 is 33.8. The standard InChI is InChI=1S/C17H12N2O6S/c1-25-17-9-6-11(10-15(17)19(21)22)26(23,24)18-14-7-8-16(20)13-5-3-2-4-12(13)14/h2-10H,1H3/b18-14+. The summed E-state index contributed by atoms with van der Waals surface area (Å²) in [7, 11) is -2.99. The van der Waals surface area contributed by atoms with Gasteiger partial charge < -0.3 is 4.74 Å². The van der Waals surface area contributed by atoms with Gasteiger partial charge in [0.15, 0.2) is 11.5 Å². The molecule has 0 unspecified atom stereocenters. The summed E-state index contributed by atoms with van der Waals surface area (Å²) in [6.07, 6.45) is 2.54. The zero-order chi connectivity index (χ0) is 18.9. The Bertz CT molecular complexity index is 1090. The number of benzene rings is 2. The fourth-order valence-corrected chi connectivity index (χ4v) is 3.51. The van der Waals surface area contributed by atoms with E-state index in [1.54, 1.807) is 24.3 Å². The van der Waals surface area contributed by atoms with Gasteiger partial charge in [-0.1, -0.05) is 24.3 Å². The largest absolute Gasteiger partial charge is 0.490 e.